The highest BCUT2D eigenvalue weighted by Gasteiger charge is 2.30. The number of fused-ring (bicyclic) bond motifs is 1. The number of aromatic nitrogens is 2. The summed E-state index contributed by atoms with van der Waals surface area (Å²) in [6, 6.07) is 1.28. The zero-order valence-corrected chi connectivity index (χ0v) is 11.0. The zero-order valence-electron chi connectivity index (χ0n) is 15.0. The molecule has 1 aromatic heterocycles. The first-order valence-corrected chi connectivity index (χ1v) is 6.34. The summed E-state index contributed by atoms with van der Waals surface area (Å²) in [6.45, 7) is -1.69. The average molecular weight is 289 g/mol. The van der Waals surface area contributed by atoms with E-state index in [0.717, 1.165) is 4.57 Å². The Hall–Kier alpha value is -2.50. The van der Waals surface area contributed by atoms with E-state index in [-0.39, 0.29) is 40.7 Å². The van der Waals surface area contributed by atoms with E-state index >= 15 is 0 Å². The third kappa shape index (κ3) is 2.12. The molecule has 0 bridgehead atoms. The monoisotopic (exact) mass is 289 g/mol. The number of nitrogen functional groups attached to an aromatic ring is 1. The molecule has 0 saturated heterocycles. The standard InChI is InChI=1S/C15H15N3O3/c1-8-17-11-4-2-3-10(16)14(11)15(21)18(8)12-6-5-9(19)7-13(12)20/h2-4,12H,5-7,16H2,1H3/i1D2,2D,6D. The number of benzene rings is 1. The van der Waals surface area contributed by atoms with Crippen LogP contribution in [0.15, 0.2) is 23.0 Å². The number of Topliss-reactive ketones (excluding diaryl/α,β-unsaturated/α-hetero) is 2. The van der Waals surface area contributed by atoms with E-state index in [0.29, 0.717) is 0 Å². The van der Waals surface area contributed by atoms with Crippen LogP contribution in [-0.2, 0) is 9.59 Å². The second-order valence-corrected chi connectivity index (χ2v) is 4.88. The lowest BCUT2D eigenvalue weighted by atomic mass is 9.92. The fraction of sp³-hybridized carbons (Fsp3) is 0.333. The second-order valence-electron chi connectivity index (χ2n) is 4.88. The molecule has 0 spiro atoms. The van der Waals surface area contributed by atoms with Gasteiger partial charge in [-0.2, -0.15) is 0 Å². The number of carbonyl (C=O) groups is 2. The van der Waals surface area contributed by atoms with Gasteiger partial charge in [-0.05, 0) is 25.4 Å². The number of hydrogen-bond donors (Lipinski definition) is 1. The van der Waals surface area contributed by atoms with Crippen molar-refractivity contribution in [3.63, 3.8) is 0 Å². The minimum atomic E-state index is -1.69. The summed E-state index contributed by atoms with van der Waals surface area (Å²) in [4.78, 5) is 40.9. The number of hydrogen-bond acceptors (Lipinski definition) is 5. The van der Waals surface area contributed by atoms with Crippen LogP contribution in [0.4, 0.5) is 5.69 Å². The van der Waals surface area contributed by atoms with Crippen molar-refractivity contribution >= 4 is 28.2 Å². The molecule has 1 heterocycles. The number of anilines is 1. The highest BCUT2D eigenvalue weighted by molar-refractivity contribution is 6.03. The Balaban J connectivity index is 2.35. The van der Waals surface area contributed by atoms with Crippen LogP contribution in [0.2, 0.25) is 0 Å². The molecule has 6 nitrogen and oxygen atoms in total. The van der Waals surface area contributed by atoms with Crippen molar-refractivity contribution in [3.05, 3.63) is 34.4 Å². The highest BCUT2D eigenvalue weighted by Crippen LogP contribution is 2.24. The largest absolute Gasteiger partial charge is 0.398 e. The highest BCUT2D eigenvalue weighted by atomic mass is 16.2. The quantitative estimate of drug-likeness (QED) is 0.627. The number of rotatable bonds is 1. The van der Waals surface area contributed by atoms with Gasteiger partial charge in [0.15, 0.2) is 5.78 Å². The Morgan fingerprint density at radius 3 is 3.00 bits per heavy atom. The first-order valence-electron chi connectivity index (χ1n) is 8.57. The van der Waals surface area contributed by atoms with Crippen molar-refractivity contribution in [1.29, 1.82) is 0 Å². The van der Waals surface area contributed by atoms with Gasteiger partial charge in [0.1, 0.15) is 11.6 Å². The lowest BCUT2D eigenvalue weighted by Crippen LogP contribution is -2.36. The van der Waals surface area contributed by atoms with Crippen LogP contribution in [-0.4, -0.2) is 21.1 Å². The molecule has 1 fully saturated rings. The first kappa shape index (κ1) is 9.44. The fourth-order valence-electron chi connectivity index (χ4n) is 2.49. The van der Waals surface area contributed by atoms with Gasteiger partial charge in [-0.15, -0.1) is 0 Å². The molecule has 2 N–H and O–H groups in total. The lowest BCUT2D eigenvalue weighted by molar-refractivity contribution is -0.132. The minimum Gasteiger partial charge on any atom is -0.398 e. The number of nitrogens with zero attached hydrogens (tertiary/aromatic N) is 2. The van der Waals surface area contributed by atoms with Crippen LogP contribution >= 0.6 is 0 Å². The van der Waals surface area contributed by atoms with E-state index in [1.54, 1.807) is 0 Å². The predicted molar refractivity (Wildman–Crippen MR) is 78.1 cm³/mol. The number of aryl methyl sites for hydroxylation is 1. The molecule has 1 aliphatic rings. The fourth-order valence-corrected chi connectivity index (χ4v) is 2.49. The van der Waals surface area contributed by atoms with Crippen molar-refractivity contribution in [2.45, 2.75) is 32.2 Å². The number of nitrogens with two attached hydrogens (primary N) is 1. The molecule has 6 heteroatoms. The molecule has 21 heavy (non-hydrogen) atoms. The van der Waals surface area contributed by atoms with Gasteiger partial charge in [-0.25, -0.2) is 4.98 Å². The third-order valence-electron chi connectivity index (χ3n) is 3.47. The normalized spacial score (nSPS) is 25.6. The first-order chi connectivity index (χ1) is 11.7. The second kappa shape index (κ2) is 4.80. The van der Waals surface area contributed by atoms with Gasteiger partial charge < -0.3 is 5.73 Å². The molecule has 3 rings (SSSR count). The van der Waals surface area contributed by atoms with Gasteiger partial charge in [0.05, 0.1) is 24.7 Å². The zero-order chi connectivity index (χ0) is 18.5. The molecule has 0 aliphatic heterocycles. The molecule has 108 valence electrons. The maximum atomic E-state index is 13.0. The predicted octanol–water partition coefficient (Wildman–Crippen LogP) is 1.15. The molecule has 0 radical (unpaired) electrons. The Bertz CT molecular complexity index is 957. The Morgan fingerprint density at radius 1 is 1.48 bits per heavy atom. The summed E-state index contributed by atoms with van der Waals surface area (Å²) >= 11 is 0. The minimum absolute atomic E-state index is 0.00678. The van der Waals surface area contributed by atoms with E-state index in [1.807, 2.05) is 0 Å². The molecular formula is C15H15N3O3. The maximum absolute atomic E-state index is 13.0. The maximum Gasteiger partial charge on any atom is 0.264 e. The summed E-state index contributed by atoms with van der Waals surface area (Å²) in [5, 5.41) is -0.0303. The molecule has 2 atom stereocenters. The Kier molecular flexibility index (Phi) is 2.16. The van der Waals surface area contributed by atoms with Crippen LogP contribution in [0.1, 0.15) is 36.6 Å². The van der Waals surface area contributed by atoms with Crippen LogP contribution in [0, 0.1) is 6.88 Å². The molecule has 2 unspecified atom stereocenters. The van der Waals surface area contributed by atoms with Gasteiger partial charge in [0.2, 0.25) is 0 Å². The molecule has 1 saturated carbocycles. The van der Waals surface area contributed by atoms with E-state index in [1.165, 1.54) is 12.1 Å². The van der Waals surface area contributed by atoms with Gasteiger partial charge >= 0.3 is 0 Å². The van der Waals surface area contributed by atoms with Crippen LogP contribution < -0.4 is 11.3 Å². The van der Waals surface area contributed by atoms with Gasteiger partial charge in [0.25, 0.3) is 5.56 Å². The molecular weight excluding hydrogens is 270 g/mol. The SMILES string of the molecule is [2H]c1cc(N)c2c(=O)n(C3C(=O)CC(=O)CC3[2H])c(C([2H])[2H])nc2c1. The molecule has 1 aromatic carbocycles. The average Bonchev–Trinajstić information content (AvgIpc) is 2.47. The summed E-state index contributed by atoms with van der Waals surface area (Å²) in [6.07, 6.45) is -1.78. The van der Waals surface area contributed by atoms with Crippen molar-refractivity contribution in [2.75, 3.05) is 5.73 Å². The van der Waals surface area contributed by atoms with E-state index in [2.05, 4.69) is 4.98 Å². The van der Waals surface area contributed by atoms with Crippen molar-refractivity contribution in [1.82, 2.24) is 9.55 Å². The van der Waals surface area contributed by atoms with Crippen molar-refractivity contribution in [3.8, 4) is 0 Å². The summed E-state index contributed by atoms with van der Waals surface area (Å²) in [5.41, 5.74) is 5.13. The van der Waals surface area contributed by atoms with Crippen LogP contribution in [0.3, 0.4) is 0 Å². The Labute approximate surface area is 126 Å². The number of carbonyl (C=O) groups excluding carboxylic acids is 2. The molecule has 1 aliphatic carbocycles. The van der Waals surface area contributed by atoms with E-state index in [9.17, 15) is 14.4 Å². The topological polar surface area (TPSA) is 95.0 Å². The van der Waals surface area contributed by atoms with Crippen molar-refractivity contribution in [2.24, 2.45) is 0 Å². The smallest absolute Gasteiger partial charge is 0.264 e. The summed E-state index contributed by atoms with van der Waals surface area (Å²) < 4.78 is 31.9. The van der Waals surface area contributed by atoms with Gasteiger partial charge in [-0.3, -0.25) is 19.0 Å². The van der Waals surface area contributed by atoms with Crippen molar-refractivity contribution < 1.29 is 15.1 Å². The molecule has 2 aromatic rings. The third-order valence-corrected chi connectivity index (χ3v) is 3.47. The number of ketones is 2. The van der Waals surface area contributed by atoms with E-state index in [4.69, 9.17) is 11.2 Å². The van der Waals surface area contributed by atoms with Gasteiger partial charge in [-0.1, -0.05) is 6.04 Å². The van der Waals surface area contributed by atoms with Gasteiger partial charge in [0, 0.05) is 16.2 Å². The van der Waals surface area contributed by atoms with Crippen LogP contribution in [0.5, 0.6) is 0 Å². The Morgan fingerprint density at radius 2 is 2.29 bits per heavy atom. The summed E-state index contributed by atoms with van der Waals surface area (Å²) in [5.74, 6) is -1.30. The molecule has 0 amide bonds. The van der Waals surface area contributed by atoms with E-state index < -0.39 is 37.1 Å². The summed E-state index contributed by atoms with van der Waals surface area (Å²) in [7, 11) is 0. The lowest BCUT2D eigenvalue weighted by Gasteiger charge is -2.24. The van der Waals surface area contributed by atoms with Crippen LogP contribution in [0.25, 0.3) is 10.9 Å².